The van der Waals surface area contributed by atoms with Crippen LogP contribution in [-0.4, -0.2) is 51.0 Å². The molecule has 1 aliphatic heterocycles. The van der Waals surface area contributed by atoms with Crippen molar-refractivity contribution in [1.29, 1.82) is 0 Å². The van der Waals surface area contributed by atoms with Gasteiger partial charge in [-0.15, -0.1) is 5.10 Å². The number of nitro groups is 1. The van der Waals surface area contributed by atoms with Crippen LogP contribution in [0.1, 0.15) is 34.7 Å². The largest absolute Gasteiger partial charge is 0.306 e. The Hall–Kier alpha value is -3.59. The third kappa shape index (κ3) is 4.36. The molecule has 2 N–H and O–H groups in total. The topological polar surface area (TPSA) is 117 Å². The number of carbonyl (C=O) groups excluding carboxylic acids is 1. The molecule has 154 valence electrons. The van der Waals surface area contributed by atoms with E-state index < -0.39 is 4.92 Å². The number of hydrogen-bond acceptors (Lipinski definition) is 6. The Morgan fingerprint density at radius 3 is 2.90 bits per heavy atom. The first-order chi connectivity index (χ1) is 14.5. The van der Waals surface area contributed by atoms with Crippen molar-refractivity contribution in [2.24, 2.45) is 0 Å². The van der Waals surface area contributed by atoms with Gasteiger partial charge in [-0.05, 0) is 50.0 Å². The SMILES string of the molecule is CN1CCCC(c2cccc(C(=O)Nc3n[nH]c(-c4cccc([N+](=O)[O-])c4)n3)c2)C1. The van der Waals surface area contributed by atoms with Crippen LogP contribution >= 0.6 is 0 Å². The summed E-state index contributed by atoms with van der Waals surface area (Å²) >= 11 is 0. The Bertz CT molecular complexity index is 1080. The van der Waals surface area contributed by atoms with Crippen LogP contribution in [0.4, 0.5) is 11.6 Å². The molecule has 3 aromatic rings. The Labute approximate surface area is 173 Å². The lowest BCUT2D eigenvalue weighted by Crippen LogP contribution is -2.30. The minimum Gasteiger partial charge on any atom is -0.306 e. The Morgan fingerprint density at radius 2 is 2.10 bits per heavy atom. The lowest BCUT2D eigenvalue weighted by molar-refractivity contribution is -0.384. The molecule has 2 heterocycles. The van der Waals surface area contributed by atoms with Crippen LogP contribution in [-0.2, 0) is 0 Å². The van der Waals surface area contributed by atoms with E-state index in [-0.39, 0.29) is 17.5 Å². The van der Waals surface area contributed by atoms with Gasteiger partial charge in [0.25, 0.3) is 11.6 Å². The van der Waals surface area contributed by atoms with Gasteiger partial charge in [0.2, 0.25) is 5.95 Å². The molecule has 1 amide bonds. The van der Waals surface area contributed by atoms with Crippen molar-refractivity contribution in [2.45, 2.75) is 18.8 Å². The van der Waals surface area contributed by atoms with E-state index >= 15 is 0 Å². The average Bonchev–Trinajstić information content (AvgIpc) is 3.22. The quantitative estimate of drug-likeness (QED) is 0.495. The summed E-state index contributed by atoms with van der Waals surface area (Å²) in [6.45, 7) is 2.09. The van der Waals surface area contributed by atoms with Crippen molar-refractivity contribution in [2.75, 3.05) is 25.5 Å². The number of hydrogen-bond donors (Lipinski definition) is 2. The van der Waals surface area contributed by atoms with Crippen LogP contribution in [0.2, 0.25) is 0 Å². The maximum atomic E-state index is 12.7. The Balaban J connectivity index is 1.48. The van der Waals surface area contributed by atoms with Crippen molar-refractivity contribution < 1.29 is 9.72 Å². The normalized spacial score (nSPS) is 16.9. The van der Waals surface area contributed by atoms with E-state index in [0.29, 0.717) is 22.9 Å². The molecule has 9 nitrogen and oxygen atoms in total. The fraction of sp³-hybridized carbons (Fsp3) is 0.286. The van der Waals surface area contributed by atoms with Crippen molar-refractivity contribution in [1.82, 2.24) is 20.1 Å². The highest BCUT2D eigenvalue weighted by Gasteiger charge is 2.20. The Morgan fingerprint density at radius 1 is 1.27 bits per heavy atom. The molecular formula is C21H22N6O3. The van der Waals surface area contributed by atoms with Crippen molar-refractivity contribution in [3.8, 4) is 11.4 Å². The van der Waals surface area contributed by atoms with Crippen LogP contribution in [0, 0.1) is 10.1 Å². The second kappa shape index (κ2) is 8.42. The minimum absolute atomic E-state index is 0.0420. The molecule has 1 atom stereocenters. The second-order valence-corrected chi connectivity index (χ2v) is 7.50. The van der Waals surface area contributed by atoms with E-state index in [1.807, 2.05) is 12.1 Å². The van der Waals surface area contributed by atoms with E-state index in [4.69, 9.17) is 0 Å². The third-order valence-corrected chi connectivity index (χ3v) is 5.29. The molecule has 0 aliphatic carbocycles. The van der Waals surface area contributed by atoms with Gasteiger partial charge in [-0.25, -0.2) is 0 Å². The summed E-state index contributed by atoms with van der Waals surface area (Å²) in [6, 6.07) is 13.7. The number of likely N-dealkylation sites (N-methyl/N-ethyl adjacent to an activating group) is 1. The monoisotopic (exact) mass is 406 g/mol. The number of anilines is 1. The van der Waals surface area contributed by atoms with Gasteiger partial charge in [0, 0.05) is 29.8 Å². The zero-order valence-corrected chi connectivity index (χ0v) is 16.5. The number of nitro benzene ring substituents is 1. The number of carbonyl (C=O) groups is 1. The summed E-state index contributed by atoms with van der Waals surface area (Å²) in [4.78, 5) is 29.7. The van der Waals surface area contributed by atoms with Crippen LogP contribution in [0.3, 0.4) is 0 Å². The van der Waals surface area contributed by atoms with Gasteiger partial charge in [0.15, 0.2) is 5.82 Å². The van der Waals surface area contributed by atoms with Gasteiger partial charge in [-0.1, -0.05) is 24.3 Å². The number of benzene rings is 2. The molecule has 0 saturated carbocycles. The summed E-state index contributed by atoms with van der Waals surface area (Å²) in [6.07, 6.45) is 2.26. The first kappa shape index (κ1) is 19.7. The van der Waals surface area contributed by atoms with E-state index in [1.54, 1.807) is 18.2 Å². The lowest BCUT2D eigenvalue weighted by Gasteiger charge is -2.30. The maximum absolute atomic E-state index is 12.7. The zero-order valence-electron chi connectivity index (χ0n) is 16.5. The standard InChI is InChI=1S/C21H22N6O3/c1-26-10-4-8-17(13-26)14-5-2-7-16(11-14)20(28)23-21-22-19(24-25-21)15-6-3-9-18(12-15)27(29)30/h2-3,5-7,9,11-12,17H,4,8,10,13H2,1H3,(H2,22,23,24,25,28). The summed E-state index contributed by atoms with van der Waals surface area (Å²) in [5.41, 5.74) is 2.17. The summed E-state index contributed by atoms with van der Waals surface area (Å²) in [5, 5.41) is 20.4. The fourth-order valence-corrected chi connectivity index (χ4v) is 3.76. The molecule has 1 saturated heterocycles. The number of aromatic nitrogens is 3. The molecule has 1 aromatic heterocycles. The van der Waals surface area contributed by atoms with Crippen LogP contribution in [0.5, 0.6) is 0 Å². The molecule has 1 fully saturated rings. The number of likely N-dealkylation sites (tertiary alicyclic amines) is 1. The van der Waals surface area contributed by atoms with Crippen LogP contribution < -0.4 is 5.32 Å². The number of rotatable bonds is 5. The van der Waals surface area contributed by atoms with E-state index in [0.717, 1.165) is 31.5 Å². The Kier molecular flexibility index (Phi) is 5.53. The van der Waals surface area contributed by atoms with Gasteiger partial charge in [-0.2, -0.15) is 4.98 Å². The predicted molar refractivity (Wildman–Crippen MR) is 112 cm³/mol. The molecule has 2 aromatic carbocycles. The van der Waals surface area contributed by atoms with Crippen LogP contribution in [0.15, 0.2) is 48.5 Å². The van der Waals surface area contributed by atoms with Crippen molar-refractivity contribution >= 4 is 17.5 Å². The smallest absolute Gasteiger partial charge is 0.270 e. The fourth-order valence-electron chi connectivity index (χ4n) is 3.76. The number of H-pyrrole nitrogens is 1. The van der Waals surface area contributed by atoms with Crippen molar-refractivity contribution in [3.63, 3.8) is 0 Å². The maximum Gasteiger partial charge on any atom is 0.270 e. The first-order valence-corrected chi connectivity index (χ1v) is 9.76. The number of nitrogens with zero attached hydrogens (tertiary/aromatic N) is 4. The third-order valence-electron chi connectivity index (χ3n) is 5.29. The second-order valence-electron chi connectivity index (χ2n) is 7.50. The van der Waals surface area contributed by atoms with Crippen LogP contribution in [0.25, 0.3) is 11.4 Å². The molecule has 4 rings (SSSR count). The number of non-ortho nitro benzene ring substituents is 1. The first-order valence-electron chi connectivity index (χ1n) is 9.76. The number of nitrogens with one attached hydrogen (secondary N) is 2. The summed E-state index contributed by atoms with van der Waals surface area (Å²) in [5.74, 6) is 0.573. The highest BCUT2D eigenvalue weighted by Crippen LogP contribution is 2.27. The molecule has 0 spiro atoms. The molecule has 9 heteroatoms. The molecule has 1 aliphatic rings. The lowest BCUT2D eigenvalue weighted by atomic mass is 9.90. The molecule has 0 bridgehead atoms. The summed E-state index contributed by atoms with van der Waals surface area (Å²) in [7, 11) is 2.12. The summed E-state index contributed by atoms with van der Waals surface area (Å²) < 4.78 is 0. The van der Waals surface area contributed by atoms with E-state index in [2.05, 4.69) is 38.5 Å². The van der Waals surface area contributed by atoms with E-state index in [9.17, 15) is 14.9 Å². The van der Waals surface area contributed by atoms with Gasteiger partial charge in [0.05, 0.1) is 4.92 Å². The molecule has 0 radical (unpaired) electrons. The van der Waals surface area contributed by atoms with Crippen molar-refractivity contribution in [3.05, 3.63) is 69.8 Å². The van der Waals surface area contributed by atoms with E-state index in [1.165, 1.54) is 12.1 Å². The predicted octanol–water partition coefficient (Wildman–Crippen LogP) is 3.44. The number of aromatic amines is 1. The van der Waals surface area contributed by atoms with Gasteiger partial charge >= 0.3 is 0 Å². The highest BCUT2D eigenvalue weighted by atomic mass is 16.6. The molecule has 30 heavy (non-hydrogen) atoms. The van der Waals surface area contributed by atoms with Gasteiger partial charge in [-0.3, -0.25) is 25.3 Å². The van der Waals surface area contributed by atoms with Gasteiger partial charge < -0.3 is 4.90 Å². The molecular weight excluding hydrogens is 384 g/mol. The highest BCUT2D eigenvalue weighted by molar-refractivity contribution is 6.03. The number of piperidine rings is 1. The molecule has 1 unspecified atom stereocenters. The number of amides is 1. The van der Waals surface area contributed by atoms with Gasteiger partial charge in [0.1, 0.15) is 0 Å². The zero-order chi connectivity index (χ0) is 21.1. The average molecular weight is 406 g/mol. The minimum atomic E-state index is -0.473.